The van der Waals surface area contributed by atoms with Crippen LogP contribution in [-0.2, 0) is 4.79 Å². The number of rotatable bonds is 5. The molecule has 1 saturated carbocycles. The fraction of sp³-hybridized carbons (Fsp3) is 0.923. The largest absolute Gasteiger partial charge is 0.481 e. The van der Waals surface area contributed by atoms with Gasteiger partial charge in [-0.15, -0.1) is 0 Å². The lowest BCUT2D eigenvalue weighted by molar-refractivity contribution is -0.142. The Morgan fingerprint density at radius 2 is 1.88 bits per heavy atom. The summed E-state index contributed by atoms with van der Waals surface area (Å²) in [6.45, 7) is 6.71. The van der Waals surface area contributed by atoms with E-state index in [0.29, 0.717) is 18.0 Å². The van der Waals surface area contributed by atoms with Gasteiger partial charge in [0.15, 0.2) is 0 Å². The van der Waals surface area contributed by atoms with Gasteiger partial charge in [-0.05, 0) is 38.5 Å². The molecule has 0 aromatic heterocycles. The van der Waals surface area contributed by atoms with Crippen molar-refractivity contribution in [2.24, 2.45) is 11.8 Å². The molecule has 0 heterocycles. The first kappa shape index (κ1) is 13.5. The number of aliphatic carboxylic acids is 1. The lowest BCUT2D eigenvalue weighted by Gasteiger charge is -2.31. The minimum Gasteiger partial charge on any atom is -0.481 e. The van der Waals surface area contributed by atoms with Crippen LogP contribution in [0.2, 0.25) is 0 Å². The van der Waals surface area contributed by atoms with Crippen LogP contribution in [0.3, 0.4) is 0 Å². The molecule has 0 amide bonds. The Bertz CT molecular complexity index is 222. The van der Waals surface area contributed by atoms with Gasteiger partial charge in [-0.25, -0.2) is 0 Å². The Morgan fingerprint density at radius 3 is 2.31 bits per heavy atom. The predicted molar refractivity (Wildman–Crippen MR) is 65.4 cm³/mol. The van der Waals surface area contributed by atoms with E-state index < -0.39 is 5.97 Å². The standard InChI is InChI=1S/C13H25NO2/c1-4-9(2)10(3)14-12-7-5-11(6-8-12)13(15)16/h9-12,14H,4-8H2,1-3H3,(H,15,16). The van der Waals surface area contributed by atoms with Gasteiger partial charge >= 0.3 is 5.97 Å². The predicted octanol–water partition coefficient (Wildman–Crippen LogP) is 2.65. The number of carboxylic acids is 1. The molecule has 94 valence electrons. The summed E-state index contributed by atoms with van der Waals surface area (Å²) in [4.78, 5) is 10.8. The number of carbonyl (C=O) groups is 1. The van der Waals surface area contributed by atoms with Crippen molar-refractivity contribution in [2.75, 3.05) is 0 Å². The lowest BCUT2D eigenvalue weighted by atomic mass is 9.85. The van der Waals surface area contributed by atoms with Gasteiger partial charge in [0, 0.05) is 12.1 Å². The topological polar surface area (TPSA) is 49.3 Å². The third-order valence-corrected chi connectivity index (χ3v) is 4.07. The molecule has 3 nitrogen and oxygen atoms in total. The first-order chi connectivity index (χ1) is 7.54. The molecule has 0 aromatic rings. The molecule has 0 bridgehead atoms. The van der Waals surface area contributed by atoms with Crippen molar-refractivity contribution in [3.05, 3.63) is 0 Å². The zero-order chi connectivity index (χ0) is 12.1. The second-order valence-electron chi connectivity index (χ2n) is 5.23. The van der Waals surface area contributed by atoms with Gasteiger partial charge in [0.25, 0.3) is 0 Å². The average molecular weight is 227 g/mol. The smallest absolute Gasteiger partial charge is 0.306 e. The number of carboxylic acid groups (broad SMARTS) is 1. The van der Waals surface area contributed by atoms with Crippen molar-refractivity contribution < 1.29 is 9.90 Å². The van der Waals surface area contributed by atoms with Crippen molar-refractivity contribution in [1.82, 2.24) is 5.32 Å². The van der Waals surface area contributed by atoms with Crippen LogP contribution in [0.5, 0.6) is 0 Å². The summed E-state index contributed by atoms with van der Waals surface area (Å²) < 4.78 is 0. The summed E-state index contributed by atoms with van der Waals surface area (Å²) in [6, 6.07) is 1.07. The Morgan fingerprint density at radius 1 is 1.31 bits per heavy atom. The van der Waals surface area contributed by atoms with Gasteiger partial charge in [0.05, 0.1) is 5.92 Å². The maximum atomic E-state index is 10.8. The van der Waals surface area contributed by atoms with E-state index in [1.165, 1.54) is 6.42 Å². The minimum atomic E-state index is -0.617. The monoisotopic (exact) mass is 227 g/mol. The zero-order valence-electron chi connectivity index (χ0n) is 10.7. The van der Waals surface area contributed by atoms with E-state index in [2.05, 4.69) is 26.1 Å². The highest BCUT2D eigenvalue weighted by Crippen LogP contribution is 2.25. The zero-order valence-corrected chi connectivity index (χ0v) is 10.7. The Kier molecular flexibility index (Phi) is 5.26. The Labute approximate surface area is 98.6 Å². The molecule has 3 heteroatoms. The summed E-state index contributed by atoms with van der Waals surface area (Å²) >= 11 is 0. The van der Waals surface area contributed by atoms with Gasteiger partial charge in [-0.2, -0.15) is 0 Å². The molecule has 2 atom stereocenters. The van der Waals surface area contributed by atoms with Crippen LogP contribution >= 0.6 is 0 Å². The number of hydrogen-bond acceptors (Lipinski definition) is 2. The van der Waals surface area contributed by atoms with Gasteiger partial charge in [-0.1, -0.05) is 20.3 Å². The van der Waals surface area contributed by atoms with Crippen molar-refractivity contribution in [1.29, 1.82) is 0 Å². The van der Waals surface area contributed by atoms with E-state index in [9.17, 15) is 4.79 Å². The summed E-state index contributed by atoms with van der Waals surface area (Å²) in [6.07, 6.45) is 4.88. The van der Waals surface area contributed by atoms with Gasteiger partial charge < -0.3 is 10.4 Å². The van der Waals surface area contributed by atoms with Crippen LogP contribution in [0.1, 0.15) is 52.9 Å². The van der Waals surface area contributed by atoms with Crippen molar-refractivity contribution in [2.45, 2.75) is 65.0 Å². The first-order valence-corrected chi connectivity index (χ1v) is 6.53. The maximum Gasteiger partial charge on any atom is 0.306 e. The molecule has 0 spiro atoms. The van der Waals surface area contributed by atoms with Gasteiger partial charge in [0.1, 0.15) is 0 Å². The number of hydrogen-bond donors (Lipinski definition) is 2. The fourth-order valence-corrected chi connectivity index (χ4v) is 2.40. The average Bonchev–Trinajstić information content (AvgIpc) is 2.28. The normalized spacial score (nSPS) is 29.7. The molecule has 1 aliphatic carbocycles. The molecule has 0 aromatic carbocycles. The highest BCUT2D eigenvalue weighted by molar-refractivity contribution is 5.70. The lowest BCUT2D eigenvalue weighted by Crippen LogP contribution is -2.42. The first-order valence-electron chi connectivity index (χ1n) is 6.53. The third kappa shape index (κ3) is 3.78. The second kappa shape index (κ2) is 6.24. The molecule has 1 aliphatic rings. The van der Waals surface area contributed by atoms with E-state index in [1.807, 2.05) is 0 Å². The molecule has 1 rings (SSSR count). The van der Waals surface area contributed by atoms with E-state index in [1.54, 1.807) is 0 Å². The van der Waals surface area contributed by atoms with E-state index in [-0.39, 0.29) is 5.92 Å². The Balaban J connectivity index is 2.29. The summed E-state index contributed by atoms with van der Waals surface area (Å²) in [7, 11) is 0. The van der Waals surface area contributed by atoms with E-state index in [4.69, 9.17) is 5.11 Å². The van der Waals surface area contributed by atoms with Crippen LogP contribution in [-0.4, -0.2) is 23.2 Å². The molecule has 1 fully saturated rings. The molecule has 0 aliphatic heterocycles. The molecular formula is C13H25NO2. The SMILES string of the molecule is CCC(C)C(C)NC1CCC(C(=O)O)CC1. The van der Waals surface area contributed by atoms with Crippen molar-refractivity contribution >= 4 is 5.97 Å². The minimum absolute atomic E-state index is 0.100. The second-order valence-corrected chi connectivity index (χ2v) is 5.23. The summed E-state index contributed by atoms with van der Waals surface area (Å²) in [5.74, 6) is -0.0254. The van der Waals surface area contributed by atoms with Crippen molar-refractivity contribution in [3.63, 3.8) is 0 Å². The number of nitrogens with one attached hydrogen (secondary N) is 1. The van der Waals surface area contributed by atoms with Crippen LogP contribution < -0.4 is 5.32 Å². The highest BCUT2D eigenvalue weighted by Gasteiger charge is 2.26. The van der Waals surface area contributed by atoms with Gasteiger partial charge in [-0.3, -0.25) is 4.79 Å². The van der Waals surface area contributed by atoms with Crippen LogP contribution in [0, 0.1) is 11.8 Å². The Hall–Kier alpha value is -0.570. The molecule has 2 unspecified atom stereocenters. The fourth-order valence-electron chi connectivity index (χ4n) is 2.40. The van der Waals surface area contributed by atoms with Crippen molar-refractivity contribution in [3.8, 4) is 0 Å². The molecule has 0 radical (unpaired) electrons. The summed E-state index contributed by atoms with van der Waals surface area (Å²) in [5, 5.41) is 12.5. The highest BCUT2D eigenvalue weighted by atomic mass is 16.4. The van der Waals surface area contributed by atoms with E-state index >= 15 is 0 Å². The van der Waals surface area contributed by atoms with Crippen LogP contribution in [0.15, 0.2) is 0 Å². The molecule has 2 N–H and O–H groups in total. The maximum absolute atomic E-state index is 10.8. The third-order valence-electron chi connectivity index (χ3n) is 4.07. The van der Waals surface area contributed by atoms with Gasteiger partial charge in [0.2, 0.25) is 0 Å². The molecular weight excluding hydrogens is 202 g/mol. The molecule has 0 saturated heterocycles. The van der Waals surface area contributed by atoms with Crippen LogP contribution in [0.4, 0.5) is 0 Å². The quantitative estimate of drug-likeness (QED) is 0.759. The molecule has 16 heavy (non-hydrogen) atoms. The van der Waals surface area contributed by atoms with Crippen LogP contribution in [0.25, 0.3) is 0 Å². The summed E-state index contributed by atoms with van der Waals surface area (Å²) in [5.41, 5.74) is 0. The van der Waals surface area contributed by atoms with E-state index in [0.717, 1.165) is 25.7 Å².